The highest BCUT2D eigenvalue weighted by Gasteiger charge is 2.31. The molecule has 2 heterocycles. The number of carbonyl (C=O) groups is 1. The highest BCUT2D eigenvalue weighted by molar-refractivity contribution is 5.92. The molecule has 1 aliphatic heterocycles. The summed E-state index contributed by atoms with van der Waals surface area (Å²) < 4.78 is 0. The Morgan fingerprint density at radius 3 is 2.79 bits per heavy atom. The molecule has 0 saturated carbocycles. The van der Waals surface area contributed by atoms with Crippen LogP contribution in [0.2, 0.25) is 0 Å². The van der Waals surface area contributed by atoms with Gasteiger partial charge in [0.2, 0.25) is 0 Å². The monoisotopic (exact) mass is 305 g/mol. The molecule has 1 aromatic heterocycles. The van der Waals surface area contributed by atoms with Crippen LogP contribution in [0.4, 0.5) is 0 Å². The molecule has 1 amide bonds. The van der Waals surface area contributed by atoms with E-state index in [9.17, 15) is 4.79 Å². The summed E-state index contributed by atoms with van der Waals surface area (Å²) in [5.41, 5.74) is 6.30. The van der Waals surface area contributed by atoms with E-state index in [-0.39, 0.29) is 36.8 Å². The van der Waals surface area contributed by atoms with Crippen LogP contribution in [0.15, 0.2) is 24.4 Å². The average molecular weight is 306 g/mol. The fourth-order valence-electron chi connectivity index (χ4n) is 2.50. The van der Waals surface area contributed by atoms with Crippen LogP contribution >= 0.6 is 24.8 Å². The van der Waals surface area contributed by atoms with Gasteiger partial charge in [0.15, 0.2) is 0 Å². The summed E-state index contributed by atoms with van der Waals surface area (Å²) >= 11 is 0. The van der Waals surface area contributed by atoms with Gasteiger partial charge in [0.25, 0.3) is 5.91 Å². The van der Waals surface area contributed by atoms with Crippen molar-refractivity contribution in [3.05, 3.63) is 30.1 Å². The zero-order valence-corrected chi connectivity index (χ0v) is 12.6. The molecule has 6 heteroatoms. The lowest BCUT2D eigenvalue weighted by atomic mass is 9.90. The van der Waals surface area contributed by atoms with Crippen LogP contribution in [0.25, 0.3) is 0 Å². The molecule has 0 aromatic carbocycles. The maximum atomic E-state index is 12.3. The Morgan fingerprint density at radius 2 is 2.21 bits per heavy atom. The number of halogens is 2. The van der Waals surface area contributed by atoms with E-state index < -0.39 is 0 Å². The lowest BCUT2D eigenvalue weighted by Gasteiger charge is -2.39. The number of hydrogen-bond acceptors (Lipinski definition) is 3. The van der Waals surface area contributed by atoms with Crippen molar-refractivity contribution in [3.8, 4) is 0 Å². The number of pyridine rings is 1. The summed E-state index contributed by atoms with van der Waals surface area (Å²) in [5.74, 6) is 0.481. The Morgan fingerprint density at radius 1 is 1.47 bits per heavy atom. The average Bonchev–Trinajstić information content (AvgIpc) is 2.38. The van der Waals surface area contributed by atoms with Gasteiger partial charge in [-0.15, -0.1) is 24.8 Å². The van der Waals surface area contributed by atoms with Gasteiger partial charge in [0.1, 0.15) is 5.69 Å². The lowest BCUT2D eigenvalue weighted by Crippen LogP contribution is -2.51. The molecule has 1 fully saturated rings. The van der Waals surface area contributed by atoms with Crippen molar-refractivity contribution < 1.29 is 4.79 Å². The Kier molecular flexibility index (Phi) is 7.99. The molecule has 2 N–H and O–H groups in total. The normalized spacial score (nSPS) is 22.1. The van der Waals surface area contributed by atoms with E-state index in [1.165, 1.54) is 0 Å². The van der Waals surface area contributed by atoms with Gasteiger partial charge in [-0.05, 0) is 30.9 Å². The fourth-order valence-corrected chi connectivity index (χ4v) is 2.50. The molecular weight excluding hydrogens is 285 g/mol. The van der Waals surface area contributed by atoms with E-state index in [2.05, 4.69) is 11.9 Å². The molecule has 19 heavy (non-hydrogen) atoms. The Labute approximate surface area is 126 Å². The molecule has 0 spiro atoms. The molecule has 0 radical (unpaired) electrons. The third-order valence-corrected chi connectivity index (χ3v) is 3.50. The summed E-state index contributed by atoms with van der Waals surface area (Å²) in [6.45, 7) is 3.48. The number of nitrogens with zero attached hydrogens (tertiary/aromatic N) is 2. The largest absolute Gasteiger partial charge is 0.333 e. The van der Waals surface area contributed by atoms with Crippen molar-refractivity contribution in [1.82, 2.24) is 9.88 Å². The van der Waals surface area contributed by atoms with Crippen molar-refractivity contribution in [2.45, 2.75) is 25.8 Å². The number of piperidine rings is 1. The van der Waals surface area contributed by atoms with Gasteiger partial charge in [0.05, 0.1) is 0 Å². The van der Waals surface area contributed by atoms with E-state index in [1.54, 1.807) is 12.3 Å². The zero-order valence-electron chi connectivity index (χ0n) is 11.0. The third kappa shape index (κ3) is 4.06. The van der Waals surface area contributed by atoms with Crippen molar-refractivity contribution >= 4 is 30.7 Å². The molecular formula is C13H21Cl2N3O. The summed E-state index contributed by atoms with van der Waals surface area (Å²) in [6, 6.07) is 5.56. The summed E-state index contributed by atoms with van der Waals surface area (Å²) in [5, 5.41) is 0. The van der Waals surface area contributed by atoms with Crippen LogP contribution in [-0.4, -0.2) is 34.9 Å². The van der Waals surface area contributed by atoms with E-state index in [1.807, 2.05) is 17.0 Å². The second-order valence-electron chi connectivity index (χ2n) is 4.64. The van der Waals surface area contributed by atoms with Gasteiger partial charge >= 0.3 is 0 Å². The minimum Gasteiger partial charge on any atom is -0.333 e. The first-order valence-electron chi connectivity index (χ1n) is 6.16. The second kappa shape index (κ2) is 8.35. The number of likely N-dealkylation sites (tertiary alicyclic amines) is 1. The van der Waals surface area contributed by atoms with Crippen LogP contribution in [0.5, 0.6) is 0 Å². The van der Waals surface area contributed by atoms with Crippen LogP contribution in [-0.2, 0) is 0 Å². The molecule has 0 aliphatic carbocycles. The molecule has 1 aromatic rings. The number of hydrogen-bond donors (Lipinski definition) is 1. The lowest BCUT2D eigenvalue weighted by molar-refractivity contribution is 0.0526. The molecule has 2 rings (SSSR count). The van der Waals surface area contributed by atoms with E-state index >= 15 is 0 Å². The SMILES string of the molecule is CC1CCCN(C(=O)c2ccccn2)C1CN.Cl.Cl. The highest BCUT2D eigenvalue weighted by atomic mass is 35.5. The maximum Gasteiger partial charge on any atom is 0.272 e. The van der Waals surface area contributed by atoms with Crippen LogP contribution < -0.4 is 5.73 Å². The minimum absolute atomic E-state index is 0. The molecule has 1 aliphatic rings. The van der Waals surface area contributed by atoms with Crippen molar-refractivity contribution in [2.75, 3.05) is 13.1 Å². The Balaban J connectivity index is 0.00000162. The molecule has 4 nitrogen and oxygen atoms in total. The first-order valence-corrected chi connectivity index (χ1v) is 6.16. The predicted molar refractivity (Wildman–Crippen MR) is 81.0 cm³/mol. The van der Waals surface area contributed by atoms with E-state index in [0.717, 1.165) is 19.4 Å². The smallest absolute Gasteiger partial charge is 0.272 e. The van der Waals surface area contributed by atoms with Crippen molar-refractivity contribution in [2.24, 2.45) is 11.7 Å². The minimum atomic E-state index is 0. The van der Waals surface area contributed by atoms with Gasteiger partial charge in [-0.2, -0.15) is 0 Å². The fraction of sp³-hybridized carbons (Fsp3) is 0.538. The standard InChI is InChI=1S/C13H19N3O.2ClH/c1-10-5-4-8-16(12(10)9-14)13(17)11-6-2-3-7-15-11;;/h2-3,6-7,10,12H,4-5,8-9,14H2,1H3;2*1H. The second-order valence-corrected chi connectivity index (χ2v) is 4.64. The Bertz CT molecular complexity index is 389. The first kappa shape index (κ1) is 18.2. The zero-order chi connectivity index (χ0) is 12.3. The van der Waals surface area contributed by atoms with Gasteiger partial charge in [-0.1, -0.05) is 13.0 Å². The maximum absolute atomic E-state index is 12.3. The number of rotatable bonds is 2. The molecule has 2 atom stereocenters. The molecule has 1 saturated heterocycles. The van der Waals surface area contributed by atoms with Crippen LogP contribution in [0, 0.1) is 5.92 Å². The summed E-state index contributed by atoms with van der Waals surface area (Å²) in [6.07, 6.45) is 3.85. The first-order chi connectivity index (χ1) is 8.24. The molecule has 2 unspecified atom stereocenters. The van der Waals surface area contributed by atoms with E-state index in [0.29, 0.717) is 18.2 Å². The predicted octanol–water partition coefficient (Wildman–Crippen LogP) is 2.12. The van der Waals surface area contributed by atoms with Gasteiger partial charge < -0.3 is 10.6 Å². The summed E-state index contributed by atoms with van der Waals surface area (Å²) in [4.78, 5) is 18.3. The highest BCUT2D eigenvalue weighted by Crippen LogP contribution is 2.23. The van der Waals surface area contributed by atoms with Gasteiger partial charge in [-0.25, -0.2) is 0 Å². The molecule has 0 bridgehead atoms. The van der Waals surface area contributed by atoms with Crippen molar-refractivity contribution in [1.29, 1.82) is 0 Å². The molecule has 108 valence electrons. The van der Waals surface area contributed by atoms with E-state index in [4.69, 9.17) is 5.73 Å². The third-order valence-electron chi connectivity index (χ3n) is 3.50. The van der Waals surface area contributed by atoms with Crippen LogP contribution in [0.3, 0.4) is 0 Å². The van der Waals surface area contributed by atoms with Gasteiger partial charge in [-0.3, -0.25) is 9.78 Å². The number of aromatic nitrogens is 1. The Hall–Kier alpha value is -0.840. The number of nitrogens with two attached hydrogens (primary N) is 1. The van der Waals surface area contributed by atoms with Gasteiger partial charge in [0, 0.05) is 25.3 Å². The quantitative estimate of drug-likeness (QED) is 0.910. The number of amides is 1. The topological polar surface area (TPSA) is 59.2 Å². The van der Waals surface area contributed by atoms with Crippen LogP contribution in [0.1, 0.15) is 30.3 Å². The number of carbonyl (C=O) groups excluding carboxylic acids is 1. The van der Waals surface area contributed by atoms with Crippen molar-refractivity contribution in [3.63, 3.8) is 0 Å². The summed E-state index contributed by atoms with van der Waals surface area (Å²) in [7, 11) is 0.